The van der Waals surface area contributed by atoms with Crippen LogP contribution in [0.4, 0.5) is 0 Å². The summed E-state index contributed by atoms with van der Waals surface area (Å²) in [5, 5.41) is 10.1. The monoisotopic (exact) mass is 211 g/mol. The molecule has 0 spiro atoms. The lowest BCUT2D eigenvalue weighted by atomic mass is 10.0. The summed E-state index contributed by atoms with van der Waals surface area (Å²) in [5.41, 5.74) is 6.75. The Balaban J connectivity index is 2.16. The molecule has 1 aromatic rings. The van der Waals surface area contributed by atoms with E-state index in [-0.39, 0.29) is 11.8 Å². The summed E-state index contributed by atoms with van der Waals surface area (Å²) < 4.78 is 0. The first-order valence-corrected chi connectivity index (χ1v) is 5.29. The summed E-state index contributed by atoms with van der Waals surface area (Å²) >= 11 is 5.80. The molecule has 2 nitrogen and oxygen atoms in total. The molecule has 76 valence electrons. The molecule has 1 aliphatic rings. The molecule has 0 heterocycles. The summed E-state index contributed by atoms with van der Waals surface area (Å²) in [7, 11) is 0. The van der Waals surface area contributed by atoms with E-state index in [9.17, 15) is 5.11 Å². The predicted molar refractivity (Wildman–Crippen MR) is 57.4 cm³/mol. The Kier molecular flexibility index (Phi) is 2.66. The van der Waals surface area contributed by atoms with E-state index in [0.29, 0.717) is 5.02 Å². The Hall–Kier alpha value is -0.730. The molecule has 1 saturated carbocycles. The number of aromatic hydroxyl groups is 1. The number of para-hydroxylation sites is 1. The molecule has 0 aliphatic heterocycles. The van der Waals surface area contributed by atoms with Gasteiger partial charge < -0.3 is 10.8 Å². The molecular weight excluding hydrogens is 198 g/mol. The molecule has 0 aromatic heterocycles. The highest BCUT2D eigenvalue weighted by Gasteiger charge is 2.25. The molecule has 3 heteroatoms. The van der Waals surface area contributed by atoms with Gasteiger partial charge in [-0.3, -0.25) is 0 Å². The van der Waals surface area contributed by atoms with E-state index in [1.807, 2.05) is 12.1 Å². The molecule has 0 saturated heterocycles. The van der Waals surface area contributed by atoms with E-state index >= 15 is 0 Å². The van der Waals surface area contributed by atoms with Crippen molar-refractivity contribution < 1.29 is 5.11 Å². The largest absolute Gasteiger partial charge is 0.506 e. The van der Waals surface area contributed by atoms with Gasteiger partial charge in [-0.2, -0.15) is 0 Å². The Morgan fingerprint density at radius 3 is 2.86 bits per heavy atom. The van der Waals surface area contributed by atoms with Crippen molar-refractivity contribution in [2.45, 2.75) is 25.3 Å². The second-order valence-corrected chi connectivity index (χ2v) is 4.37. The van der Waals surface area contributed by atoms with E-state index in [2.05, 4.69) is 0 Å². The van der Waals surface area contributed by atoms with Crippen LogP contribution in [0.1, 0.15) is 30.9 Å². The normalized spacial score (nSPS) is 18.1. The summed E-state index contributed by atoms with van der Waals surface area (Å²) in [6.07, 6.45) is 3.50. The lowest BCUT2D eigenvalue weighted by Gasteiger charge is -2.13. The molecule has 0 bridgehead atoms. The first kappa shape index (κ1) is 9.81. The first-order chi connectivity index (χ1) is 6.68. The number of phenolic OH excluding ortho intramolecular Hbond substituents is 1. The molecule has 2 rings (SSSR count). The first-order valence-electron chi connectivity index (χ1n) is 4.91. The Morgan fingerprint density at radius 1 is 1.50 bits per heavy atom. The van der Waals surface area contributed by atoms with E-state index in [0.717, 1.165) is 17.9 Å². The maximum Gasteiger partial charge on any atom is 0.138 e. The van der Waals surface area contributed by atoms with E-state index < -0.39 is 0 Å². The summed E-state index contributed by atoms with van der Waals surface area (Å²) in [6.45, 7) is 0. The van der Waals surface area contributed by atoms with Crippen molar-refractivity contribution >= 4 is 11.6 Å². The van der Waals surface area contributed by atoms with Gasteiger partial charge in [0.15, 0.2) is 0 Å². The molecule has 1 fully saturated rings. The van der Waals surface area contributed by atoms with Crippen LogP contribution < -0.4 is 5.73 Å². The molecule has 3 N–H and O–H groups in total. The molecule has 0 radical (unpaired) electrons. The van der Waals surface area contributed by atoms with Gasteiger partial charge in [0.05, 0.1) is 5.02 Å². The number of hydrogen-bond donors (Lipinski definition) is 2. The average molecular weight is 212 g/mol. The molecule has 0 amide bonds. The van der Waals surface area contributed by atoms with Crippen molar-refractivity contribution in [3.63, 3.8) is 0 Å². The van der Waals surface area contributed by atoms with Crippen LogP contribution in [0.25, 0.3) is 0 Å². The lowest BCUT2D eigenvalue weighted by Crippen LogP contribution is -2.11. The van der Waals surface area contributed by atoms with Gasteiger partial charge in [-0.15, -0.1) is 0 Å². The quantitative estimate of drug-likeness (QED) is 0.808. The Morgan fingerprint density at radius 2 is 2.21 bits per heavy atom. The van der Waals surface area contributed by atoms with E-state index in [1.165, 1.54) is 12.8 Å². The van der Waals surface area contributed by atoms with Gasteiger partial charge in [-0.05, 0) is 18.4 Å². The van der Waals surface area contributed by atoms with Crippen molar-refractivity contribution in [3.05, 3.63) is 28.8 Å². The summed E-state index contributed by atoms with van der Waals surface area (Å²) in [4.78, 5) is 0. The number of benzene rings is 1. The maximum absolute atomic E-state index is 9.69. The van der Waals surface area contributed by atoms with Crippen LogP contribution in [-0.4, -0.2) is 5.11 Å². The lowest BCUT2D eigenvalue weighted by molar-refractivity contribution is 0.456. The summed E-state index contributed by atoms with van der Waals surface area (Å²) in [5.74, 6) is 0.894. The third-order valence-corrected chi connectivity index (χ3v) is 3.01. The van der Waals surface area contributed by atoms with E-state index in [1.54, 1.807) is 6.07 Å². The van der Waals surface area contributed by atoms with Gasteiger partial charge in [0.1, 0.15) is 5.75 Å². The predicted octanol–water partition coefficient (Wildman–Crippen LogP) is 2.85. The standard InChI is InChI=1S/C11H14ClNO/c12-9-3-1-2-8(11(9)14)10(13)6-7-4-5-7/h1-3,7,10,14H,4-6,13H2/t10-/m1/s1. The minimum Gasteiger partial charge on any atom is -0.506 e. The van der Waals surface area contributed by atoms with Crippen molar-refractivity contribution in [2.75, 3.05) is 0 Å². The average Bonchev–Trinajstić information content (AvgIpc) is 2.93. The fourth-order valence-electron chi connectivity index (χ4n) is 1.67. The second-order valence-electron chi connectivity index (χ2n) is 3.96. The van der Waals surface area contributed by atoms with Crippen LogP contribution in [-0.2, 0) is 0 Å². The number of hydrogen-bond acceptors (Lipinski definition) is 2. The van der Waals surface area contributed by atoms with Crippen molar-refractivity contribution in [3.8, 4) is 5.75 Å². The fraction of sp³-hybridized carbons (Fsp3) is 0.455. The Labute approximate surface area is 88.7 Å². The van der Waals surface area contributed by atoms with Gasteiger partial charge in [0, 0.05) is 11.6 Å². The highest BCUT2D eigenvalue weighted by molar-refractivity contribution is 6.32. The SMILES string of the molecule is N[C@H](CC1CC1)c1cccc(Cl)c1O. The van der Waals surface area contributed by atoms with Gasteiger partial charge in [0.25, 0.3) is 0 Å². The van der Waals surface area contributed by atoms with Crippen LogP contribution in [0.5, 0.6) is 5.75 Å². The number of halogens is 1. The minimum atomic E-state index is -0.0822. The molecule has 14 heavy (non-hydrogen) atoms. The zero-order chi connectivity index (χ0) is 10.1. The number of phenols is 1. The van der Waals surface area contributed by atoms with Gasteiger partial charge >= 0.3 is 0 Å². The Bertz CT molecular complexity index is 336. The van der Waals surface area contributed by atoms with Crippen molar-refractivity contribution in [1.29, 1.82) is 0 Å². The minimum absolute atomic E-state index is 0.0822. The molecule has 0 unspecified atom stereocenters. The van der Waals surface area contributed by atoms with Crippen LogP contribution in [0, 0.1) is 5.92 Å². The van der Waals surface area contributed by atoms with Gasteiger partial charge in [0.2, 0.25) is 0 Å². The van der Waals surface area contributed by atoms with Crippen molar-refractivity contribution in [1.82, 2.24) is 0 Å². The zero-order valence-electron chi connectivity index (χ0n) is 7.91. The molecule has 1 atom stereocenters. The second kappa shape index (κ2) is 3.79. The number of nitrogens with two attached hydrogens (primary N) is 1. The molecule has 1 aliphatic carbocycles. The highest BCUT2D eigenvalue weighted by Crippen LogP contribution is 2.39. The third-order valence-electron chi connectivity index (χ3n) is 2.70. The number of rotatable bonds is 3. The smallest absolute Gasteiger partial charge is 0.138 e. The molecule has 1 aromatic carbocycles. The van der Waals surface area contributed by atoms with Crippen molar-refractivity contribution in [2.24, 2.45) is 11.7 Å². The van der Waals surface area contributed by atoms with Crippen LogP contribution in [0.2, 0.25) is 5.02 Å². The topological polar surface area (TPSA) is 46.2 Å². The van der Waals surface area contributed by atoms with Crippen LogP contribution >= 0.6 is 11.6 Å². The maximum atomic E-state index is 9.69. The van der Waals surface area contributed by atoms with Crippen LogP contribution in [0.15, 0.2) is 18.2 Å². The zero-order valence-corrected chi connectivity index (χ0v) is 8.67. The molecular formula is C11H14ClNO. The van der Waals surface area contributed by atoms with E-state index in [4.69, 9.17) is 17.3 Å². The highest BCUT2D eigenvalue weighted by atomic mass is 35.5. The third kappa shape index (κ3) is 2.02. The van der Waals surface area contributed by atoms with Gasteiger partial charge in [-0.25, -0.2) is 0 Å². The summed E-state index contributed by atoms with van der Waals surface area (Å²) in [6, 6.07) is 5.25. The fourth-order valence-corrected chi connectivity index (χ4v) is 1.85. The van der Waals surface area contributed by atoms with Crippen LogP contribution in [0.3, 0.4) is 0 Å². The van der Waals surface area contributed by atoms with Gasteiger partial charge in [-0.1, -0.05) is 36.6 Å².